The van der Waals surface area contributed by atoms with Crippen molar-refractivity contribution >= 4 is 8.32 Å². The van der Waals surface area contributed by atoms with Gasteiger partial charge in [-0.05, 0) is 34.8 Å². The van der Waals surface area contributed by atoms with Crippen molar-refractivity contribution in [3.8, 4) is 11.5 Å². The van der Waals surface area contributed by atoms with Crippen LogP contribution >= 0.6 is 0 Å². The van der Waals surface area contributed by atoms with Crippen LogP contribution in [0.2, 0.25) is 16.6 Å². The summed E-state index contributed by atoms with van der Waals surface area (Å²) in [7, 11) is -0.572. The molecule has 0 saturated carbocycles. The molecule has 1 N–H and O–H groups in total. The Bertz CT molecular complexity index is 653. The zero-order valence-corrected chi connectivity index (χ0v) is 18.6. The predicted molar refractivity (Wildman–Crippen MR) is 108 cm³/mol. The van der Waals surface area contributed by atoms with E-state index in [1.54, 1.807) is 7.11 Å². The Morgan fingerprint density at radius 1 is 1.11 bits per heavy atom. The highest BCUT2D eigenvalue weighted by Crippen LogP contribution is 2.55. The maximum atomic E-state index is 10.8. The van der Waals surface area contributed by atoms with Gasteiger partial charge in [-0.15, -0.1) is 0 Å². The normalized spacial score (nSPS) is 27.7. The van der Waals surface area contributed by atoms with E-state index in [9.17, 15) is 5.11 Å². The van der Waals surface area contributed by atoms with Crippen LogP contribution in [0.3, 0.4) is 0 Å². The van der Waals surface area contributed by atoms with Gasteiger partial charge in [0.25, 0.3) is 5.79 Å². The highest BCUT2D eigenvalue weighted by molar-refractivity contribution is 6.77. The number of fused-ring (bicyclic) bond motifs is 1. The molecule has 0 aromatic heterocycles. The molecule has 0 radical (unpaired) electrons. The van der Waals surface area contributed by atoms with Crippen molar-refractivity contribution in [1.82, 2.24) is 0 Å². The van der Waals surface area contributed by atoms with Crippen molar-refractivity contribution in [2.75, 3.05) is 13.7 Å². The standard InChI is InChI=1S/C21H34O5Si/c1-13(2)27(14(3)4,15(5)6)26-20-17-12-16(23-7)8-9-18(17)25-21(20)19(22)10-11-24-21/h8-9,12-15,19-20,22H,10-11H2,1-7H3/t19-,20-,21+/m1/s1. The minimum absolute atomic E-state index is 0.419. The van der Waals surface area contributed by atoms with Gasteiger partial charge in [0.05, 0.1) is 13.7 Å². The van der Waals surface area contributed by atoms with E-state index in [0.29, 0.717) is 35.4 Å². The lowest BCUT2D eigenvalue weighted by molar-refractivity contribution is -0.230. The maximum Gasteiger partial charge on any atom is 0.266 e. The summed E-state index contributed by atoms with van der Waals surface area (Å²) >= 11 is 0. The summed E-state index contributed by atoms with van der Waals surface area (Å²) in [5.74, 6) is 0.299. The number of methoxy groups -OCH3 is 1. The first-order valence-electron chi connectivity index (χ1n) is 10.1. The first-order chi connectivity index (χ1) is 12.7. The van der Waals surface area contributed by atoms with Gasteiger partial charge in [-0.2, -0.15) is 0 Å². The minimum Gasteiger partial charge on any atom is -0.497 e. The minimum atomic E-state index is -2.22. The molecule has 1 spiro atoms. The molecule has 152 valence electrons. The Morgan fingerprint density at radius 2 is 1.74 bits per heavy atom. The lowest BCUT2D eigenvalue weighted by atomic mass is 9.99. The van der Waals surface area contributed by atoms with Gasteiger partial charge < -0.3 is 23.7 Å². The fourth-order valence-electron chi connectivity index (χ4n) is 5.13. The van der Waals surface area contributed by atoms with Crippen LogP contribution < -0.4 is 9.47 Å². The Hall–Kier alpha value is -1.08. The van der Waals surface area contributed by atoms with E-state index in [-0.39, 0.29) is 0 Å². The number of ether oxygens (including phenoxy) is 3. The molecule has 1 saturated heterocycles. The van der Waals surface area contributed by atoms with Crippen LogP contribution in [-0.2, 0) is 9.16 Å². The maximum absolute atomic E-state index is 10.8. The molecular weight excluding hydrogens is 360 g/mol. The average Bonchev–Trinajstić information content (AvgIpc) is 3.11. The van der Waals surface area contributed by atoms with Crippen molar-refractivity contribution in [3.05, 3.63) is 23.8 Å². The second kappa shape index (κ2) is 7.39. The fourth-order valence-corrected chi connectivity index (χ4v) is 10.6. The molecule has 1 aromatic rings. The van der Waals surface area contributed by atoms with Crippen LogP contribution in [0.1, 0.15) is 59.6 Å². The van der Waals surface area contributed by atoms with Gasteiger partial charge in [-0.1, -0.05) is 41.5 Å². The van der Waals surface area contributed by atoms with Crippen molar-refractivity contribution in [3.63, 3.8) is 0 Å². The fraction of sp³-hybridized carbons (Fsp3) is 0.714. The van der Waals surface area contributed by atoms with E-state index < -0.39 is 26.3 Å². The number of hydrogen-bond acceptors (Lipinski definition) is 5. The second-order valence-corrected chi connectivity index (χ2v) is 14.1. The van der Waals surface area contributed by atoms with Crippen molar-refractivity contribution in [2.24, 2.45) is 0 Å². The van der Waals surface area contributed by atoms with Gasteiger partial charge in [0.1, 0.15) is 23.7 Å². The van der Waals surface area contributed by atoms with Crippen molar-refractivity contribution in [2.45, 2.75) is 82.6 Å². The third-order valence-corrected chi connectivity index (χ3v) is 12.4. The molecule has 0 amide bonds. The molecular formula is C21H34O5Si. The van der Waals surface area contributed by atoms with Crippen molar-refractivity contribution in [1.29, 1.82) is 0 Å². The highest BCUT2D eigenvalue weighted by Gasteiger charge is 2.61. The third-order valence-electron chi connectivity index (χ3n) is 6.35. The van der Waals surface area contributed by atoms with Gasteiger partial charge in [0.2, 0.25) is 8.32 Å². The van der Waals surface area contributed by atoms with Gasteiger partial charge in [-0.3, -0.25) is 0 Å². The van der Waals surface area contributed by atoms with Gasteiger partial charge in [0, 0.05) is 12.0 Å². The first kappa shape index (κ1) is 20.6. The number of hydrogen-bond donors (Lipinski definition) is 1. The number of aliphatic hydroxyl groups is 1. The average molecular weight is 395 g/mol. The van der Waals surface area contributed by atoms with E-state index in [4.69, 9.17) is 18.6 Å². The van der Waals surface area contributed by atoms with E-state index >= 15 is 0 Å². The van der Waals surface area contributed by atoms with Crippen LogP contribution in [0.4, 0.5) is 0 Å². The molecule has 3 rings (SSSR count). The summed E-state index contributed by atoms with van der Waals surface area (Å²) < 4.78 is 24.8. The largest absolute Gasteiger partial charge is 0.497 e. The molecule has 2 aliphatic rings. The van der Waals surface area contributed by atoms with E-state index in [1.807, 2.05) is 18.2 Å². The third kappa shape index (κ3) is 3.11. The van der Waals surface area contributed by atoms with Crippen LogP contribution in [0.15, 0.2) is 18.2 Å². The van der Waals surface area contributed by atoms with Crippen LogP contribution in [0.25, 0.3) is 0 Å². The first-order valence-corrected chi connectivity index (χ1v) is 12.2. The molecule has 0 bridgehead atoms. The van der Waals surface area contributed by atoms with Gasteiger partial charge in [0.15, 0.2) is 0 Å². The Morgan fingerprint density at radius 3 is 2.22 bits per heavy atom. The van der Waals surface area contributed by atoms with Gasteiger partial charge >= 0.3 is 0 Å². The lowest BCUT2D eigenvalue weighted by Crippen LogP contribution is -2.55. The Balaban J connectivity index is 2.12. The number of benzene rings is 1. The summed E-state index contributed by atoms with van der Waals surface area (Å²) in [5, 5.41) is 10.8. The summed E-state index contributed by atoms with van der Waals surface area (Å²) in [6.45, 7) is 14.0. The van der Waals surface area contributed by atoms with Crippen LogP contribution in [-0.4, -0.2) is 39.0 Å². The predicted octanol–water partition coefficient (Wildman–Crippen LogP) is 4.80. The summed E-state index contributed by atoms with van der Waals surface area (Å²) in [5.41, 5.74) is 2.17. The Kier molecular flexibility index (Phi) is 5.65. The molecule has 1 fully saturated rings. The molecule has 0 unspecified atom stereocenters. The van der Waals surface area contributed by atoms with Crippen LogP contribution in [0, 0.1) is 0 Å². The summed E-state index contributed by atoms with van der Waals surface area (Å²) in [6.07, 6.45) is -0.636. The monoisotopic (exact) mass is 394 g/mol. The summed E-state index contributed by atoms with van der Waals surface area (Å²) in [4.78, 5) is 0. The summed E-state index contributed by atoms with van der Waals surface area (Å²) in [6, 6.07) is 5.72. The van der Waals surface area contributed by atoms with E-state index in [2.05, 4.69) is 41.5 Å². The molecule has 6 heteroatoms. The zero-order valence-electron chi connectivity index (χ0n) is 17.6. The SMILES string of the molecule is COc1ccc2c(c1)[C@@H](O[Si](C(C)C)(C(C)C)C(C)C)[C@@]1(OCC[C@H]1O)O2. The second-order valence-electron chi connectivity index (χ2n) is 8.70. The van der Waals surface area contributed by atoms with Gasteiger partial charge in [-0.25, -0.2) is 0 Å². The molecule has 1 aromatic carbocycles. The molecule has 3 atom stereocenters. The molecule has 5 nitrogen and oxygen atoms in total. The lowest BCUT2D eigenvalue weighted by Gasteiger charge is -2.46. The topological polar surface area (TPSA) is 57.2 Å². The van der Waals surface area contributed by atoms with E-state index in [1.165, 1.54) is 0 Å². The molecule has 2 heterocycles. The highest BCUT2D eigenvalue weighted by atomic mass is 28.4. The zero-order chi connectivity index (χ0) is 20.0. The quantitative estimate of drug-likeness (QED) is 0.703. The van der Waals surface area contributed by atoms with Crippen LogP contribution in [0.5, 0.6) is 11.5 Å². The number of rotatable bonds is 6. The Labute approximate surface area is 164 Å². The molecule has 27 heavy (non-hydrogen) atoms. The molecule has 2 aliphatic heterocycles. The van der Waals surface area contributed by atoms with E-state index in [0.717, 1.165) is 11.3 Å². The molecule has 0 aliphatic carbocycles. The smallest absolute Gasteiger partial charge is 0.266 e. The van der Waals surface area contributed by atoms with Crippen molar-refractivity contribution < 1.29 is 23.7 Å². The number of aliphatic hydroxyl groups excluding tert-OH is 1.